The quantitative estimate of drug-likeness (QED) is 0.794. The summed E-state index contributed by atoms with van der Waals surface area (Å²) in [6, 6.07) is 6.87. The average molecular weight is 245 g/mol. The van der Waals surface area contributed by atoms with Crippen LogP contribution in [0.3, 0.4) is 0 Å². The summed E-state index contributed by atoms with van der Waals surface area (Å²) >= 11 is 0. The minimum atomic E-state index is 0.301. The summed E-state index contributed by atoms with van der Waals surface area (Å²) in [4.78, 5) is 2.37. The zero-order chi connectivity index (χ0) is 12.5. The van der Waals surface area contributed by atoms with Crippen molar-refractivity contribution >= 4 is 11.4 Å². The Labute approximate surface area is 108 Å². The second kappa shape index (κ2) is 4.53. The van der Waals surface area contributed by atoms with E-state index in [1.165, 1.54) is 11.3 Å². The summed E-state index contributed by atoms with van der Waals surface area (Å²) in [5.74, 6) is 0.870. The molecule has 1 atom stereocenters. The molecule has 18 heavy (non-hydrogen) atoms. The number of anilines is 2. The van der Waals surface area contributed by atoms with Gasteiger partial charge in [-0.05, 0) is 30.7 Å². The third-order valence-corrected chi connectivity index (χ3v) is 3.55. The van der Waals surface area contributed by atoms with Crippen LogP contribution in [0.4, 0.5) is 11.4 Å². The van der Waals surface area contributed by atoms with Gasteiger partial charge in [-0.3, -0.25) is 0 Å². The highest BCUT2D eigenvalue weighted by molar-refractivity contribution is 5.65. The Morgan fingerprint density at radius 1 is 1.33 bits per heavy atom. The number of nitrogens with one attached hydrogen (secondary N) is 2. The second-order valence-corrected chi connectivity index (χ2v) is 4.84. The van der Waals surface area contributed by atoms with Gasteiger partial charge in [-0.25, -0.2) is 0 Å². The highest BCUT2D eigenvalue weighted by Gasteiger charge is 2.19. The number of hydrogen-bond acceptors (Lipinski definition) is 4. The minimum Gasteiger partial charge on any atom is -0.378 e. The fourth-order valence-electron chi connectivity index (χ4n) is 2.58. The van der Waals surface area contributed by atoms with E-state index in [4.69, 9.17) is 4.74 Å². The zero-order valence-corrected chi connectivity index (χ0v) is 10.7. The zero-order valence-electron chi connectivity index (χ0n) is 10.7. The SMILES string of the molecule is C=C1Nc2ccc(N3CCOCC3)cc2C(C)N1. The standard InChI is InChI=1S/C14H19N3O/c1-10-13-9-12(17-5-7-18-8-6-17)3-4-14(13)16-11(2)15-10/h3-4,9-10,15-16H,2,5-8H2,1H3. The van der Waals surface area contributed by atoms with Crippen LogP contribution in [0, 0.1) is 0 Å². The lowest BCUT2D eigenvalue weighted by Gasteiger charge is -2.32. The van der Waals surface area contributed by atoms with Gasteiger partial charge in [0.25, 0.3) is 0 Å². The topological polar surface area (TPSA) is 36.5 Å². The number of hydrogen-bond donors (Lipinski definition) is 2. The third kappa shape index (κ3) is 2.04. The number of ether oxygens (including phenoxy) is 1. The van der Waals surface area contributed by atoms with Gasteiger partial charge >= 0.3 is 0 Å². The minimum absolute atomic E-state index is 0.301. The maximum absolute atomic E-state index is 5.39. The van der Waals surface area contributed by atoms with Crippen molar-refractivity contribution in [3.8, 4) is 0 Å². The Bertz CT molecular complexity index is 466. The fraction of sp³-hybridized carbons (Fsp3) is 0.429. The van der Waals surface area contributed by atoms with E-state index >= 15 is 0 Å². The highest BCUT2D eigenvalue weighted by atomic mass is 16.5. The number of fused-ring (bicyclic) bond motifs is 1. The van der Waals surface area contributed by atoms with Crippen LogP contribution >= 0.6 is 0 Å². The van der Waals surface area contributed by atoms with Crippen LogP contribution in [0.5, 0.6) is 0 Å². The molecule has 2 heterocycles. The molecule has 0 saturated carbocycles. The van der Waals surface area contributed by atoms with Crippen molar-refractivity contribution in [1.29, 1.82) is 0 Å². The van der Waals surface area contributed by atoms with E-state index in [0.29, 0.717) is 6.04 Å². The van der Waals surface area contributed by atoms with Gasteiger partial charge in [-0.15, -0.1) is 0 Å². The molecular formula is C14H19N3O. The van der Waals surface area contributed by atoms with Gasteiger partial charge in [-0.2, -0.15) is 0 Å². The Kier molecular flexibility index (Phi) is 2.88. The summed E-state index contributed by atoms with van der Waals surface area (Å²) in [5, 5.41) is 6.59. The lowest BCUT2D eigenvalue weighted by Crippen LogP contribution is -2.36. The van der Waals surface area contributed by atoms with E-state index in [-0.39, 0.29) is 0 Å². The molecule has 2 aliphatic heterocycles. The molecule has 0 aliphatic carbocycles. The number of rotatable bonds is 1. The maximum Gasteiger partial charge on any atom is 0.0961 e. The average Bonchev–Trinajstić information content (AvgIpc) is 2.39. The van der Waals surface area contributed by atoms with Crippen LogP contribution in [0.1, 0.15) is 18.5 Å². The molecule has 1 aromatic carbocycles. The molecule has 4 nitrogen and oxygen atoms in total. The van der Waals surface area contributed by atoms with Gasteiger partial charge in [0.15, 0.2) is 0 Å². The van der Waals surface area contributed by atoms with Crippen molar-refractivity contribution < 1.29 is 4.74 Å². The van der Waals surface area contributed by atoms with Crippen LogP contribution in [-0.2, 0) is 4.74 Å². The van der Waals surface area contributed by atoms with Crippen molar-refractivity contribution in [2.24, 2.45) is 0 Å². The predicted octanol–water partition coefficient (Wildman–Crippen LogP) is 2.07. The van der Waals surface area contributed by atoms with E-state index < -0.39 is 0 Å². The van der Waals surface area contributed by atoms with E-state index in [1.54, 1.807) is 0 Å². The van der Waals surface area contributed by atoms with Gasteiger partial charge in [0.1, 0.15) is 0 Å². The van der Waals surface area contributed by atoms with Gasteiger partial charge in [0.05, 0.1) is 25.1 Å². The van der Waals surface area contributed by atoms with E-state index in [2.05, 4.69) is 47.2 Å². The summed E-state index contributed by atoms with van der Waals surface area (Å²) in [7, 11) is 0. The Balaban J connectivity index is 1.90. The van der Waals surface area contributed by atoms with Crippen molar-refractivity contribution in [2.75, 3.05) is 36.5 Å². The molecule has 0 radical (unpaired) electrons. The first-order chi connectivity index (χ1) is 8.74. The van der Waals surface area contributed by atoms with Crippen LogP contribution < -0.4 is 15.5 Å². The molecule has 2 N–H and O–H groups in total. The lowest BCUT2D eigenvalue weighted by molar-refractivity contribution is 0.122. The first-order valence-corrected chi connectivity index (χ1v) is 6.43. The molecule has 1 unspecified atom stereocenters. The van der Waals surface area contributed by atoms with E-state index in [0.717, 1.165) is 37.8 Å². The molecule has 96 valence electrons. The monoisotopic (exact) mass is 245 g/mol. The molecule has 4 heteroatoms. The largest absolute Gasteiger partial charge is 0.378 e. The van der Waals surface area contributed by atoms with Crippen LogP contribution in [0.25, 0.3) is 0 Å². The first-order valence-electron chi connectivity index (χ1n) is 6.43. The van der Waals surface area contributed by atoms with Gasteiger partial charge in [-0.1, -0.05) is 6.58 Å². The van der Waals surface area contributed by atoms with Crippen molar-refractivity contribution in [3.05, 3.63) is 36.2 Å². The smallest absolute Gasteiger partial charge is 0.0961 e. The molecule has 1 aromatic rings. The fourth-order valence-corrected chi connectivity index (χ4v) is 2.58. The number of nitrogens with zero attached hydrogens (tertiary/aromatic N) is 1. The number of benzene rings is 1. The molecule has 1 fully saturated rings. The molecule has 2 aliphatic rings. The van der Waals surface area contributed by atoms with Gasteiger partial charge in [0.2, 0.25) is 0 Å². The van der Waals surface area contributed by atoms with Crippen LogP contribution in [0.2, 0.25) is 0 Å². The Morgan fingerprint density at radius 3 is 2.89 bits per heavy atom. The predicted molar refractivity (Wildman–Crippen MR) is 73.8 cm³/mol. The van der Waals surface area contributed by atoms with Crippen molar-refractivity contribution in [2.45, 2.75) is 13.0 Å². The Morgan fingerprint density at radius 2 is 2.11 bits per heavy atom. The normalized spacial score (nSPS) is 23.1. The molecule has 0 spiro atoms. The van der Waals surface area contributed by atoms with Crippen molar-refractivity contribution in [3.63, 3.8) is 0 Å². The summed E-state index contributed by atoms with van der Waals surface area (Å²) < 4.78 is 5.39. The van der Waals surface area contributed by atoms with Gasteiger partial charge < -0.3 is 20.3 Å². The van der Waals surface area contributed by atoms with Gasteiger partial charge in [0, 0.05) is 24.5 Å². The summed E-state index contributed by atoms with van der Waals surface area (Å²) in [5.41, 5.74) is 3.73. The first kappa shape index (κ1) is 11.4. The van der Waals surface area contributed by atoms with Crippen LogP contribution in [0.15, 0.2) is 30.6 Å². The molecule has 1 saturated heterocycles. The second-order valence-electron chi connectivity index (χ2n) is 4.84. The third-order valence-electron chi connectivity index (χ3n) is 3.55. The molecule has 0 aromatic heterocycles. The number of morpholine rings is 1. The molecular weight excluding hydrogens is 226 g/mol. The Hall–Kier alpha value is -1.68. The maximum atomic E-state index is 5.39. The lowest BCUT2D eigenvalue weighted by atomic mass is 10.0. The van der Waals surface area contributed by atoms with E-state index in [9.17, 15) is 0 Å². The summed E-state index contributed by atoms with van der Waals surface area (Å²) in [6.45, 7) is 9.67. The molecule has 3 rings (SSSR count). The summed E-state index contributed by atoms with van der Waals surface area (Å²) in [6.07, 6.45) is 0. The highest BCUT2D eigenvalue weighted by Crippen LogP contribution is 2.32. The molecule has 0 bridgehead atoms. The van der Waals surface area contributed by atoms with Crippen LogP contribution in [-0.4, -0.2) is 26.3 Å². The van der Waals surface area contributed by atoms with E-state index in [1.807, 2.05) is 0 Å². The molecule has 0 amide bonds. The van der Waals surface area contributed by atoms with Crippen molar-refractivity contribution in [1.82, 2.24) is 5.32 Å².